The smallest absolute Gasteiger partial charge is 0.257 e. The number of hydrogen-bond donors (Lipinski definition) is 1. The van der Waals surface area contributed by atoms with Gasteiger partial charge in [-0.05, 0) is 37.5 Å². The van der Waals surface area contributed by atoms with Gasteiger partial charge in [-0.1, -0.05) is 30.4 Å². The van der Waals surface area contributed by atoms with Gasteiger partial charge >= 0.3 is 0 Å². The first kappa shape index (κ1) is 13.7. The second kappa shape index (κ2) is 5.93. The van der Waals surface area contributed by atoms with Crippen molar-refractivity contribution in [3.63, 3.8) is 0 Å². The van der Waals surface area contributed by atoms with Crippen LogP contribution in [0.15, 0.2) is 18.2 Å². The lowest BCUT2D eigenvalue weighted by molar-refractivity contribution is 0.102. The molecule has 0 unspecified atom stereocenters. The Labute approximate surface area is 116 Å². The molecule has 0 radical (unpaired) electrons. The molecule has 0 bridgehead atoms. The van der Waals surface area contributed by atoms with Crippen LogP contribution in [0.1, 0.15) is 39.8 Å². The molecule has 0 atom stereocenters. The summed E-state index contributed by atoms with van der Waals surface area (Å²) < 4.78 is 0. The van der Waals surface area contributed by atoms with E-state index in [1.165, 1.54) is 11.3 Å². The molecule has 2 rings (SSSR count). The van der Waals surface area contributed by atoms with Crippen molar-refractivity contribution in [1.29, 1.82) is 0 Å². The van der Waals surface area contributed by atoms with Crippen LogP contribution in [-0.4, -0.2) is 16.1 Å². The molecule has 1 heterocycles. The summed E-state index contributed by atoms with van der Waals surface area (Å²) in [6.45, 7) is 6.04. The highest BCUT2D eigenvalue weighted by Crippen LogP contribution is 2.19. The normalized spacial score (nSPS) is 10.5. The first-order valence-electron chi connectivity index (χ1n) is 6.31. The molecule has 5 heteroatoms. The van der Waals surface area contributed by atoms with Crippen molar-refractivity contribution in [3.05, 3.63) is 39.9 Å². The third-order valence-corrected chi connectivity index (χ3v) is 3.90. The minimum absolute atomic E-state index is 0.125. The Morgan fingerprint density at radius 1 is 1.32 bits per heavy atom. The minimum Gasteiger partial charge on any atom is -0.296 e. The van der Waals surface area contributed by atoms with Crippen LogP contribution in [0.25, 0.3) is 0 Å². The standard InChI is InChI=1S/C14H17N3OS/c1-4-6-12-16-17-14(19-12)15-13(18)11-8-5-7-9(2)10(11)3/h5,7-8H,4,6H2,1-3H3,(H,15,17,18). The summed E-state index contributed by atoms with van der Waals surface area (Å²) in [5.74, 6) is -0.125. The van der Waals surface area contributed by atoms with Crippen molar-refractivity contribution in [2.75, 3.05) is 5.32 Å². The number of carbonyl (C=O) groups excluding carboxylic acids is 1. The zero-order valence-electron chi connectivity index (χ0n) is 11.4. The van der Waals surface area contributed by atoms with Gasteiger partial charge in [0, 0.05) is 12.0 Å². The van der Waals surface area contributed by atoms with Crippen molar-refractivity contribution < 1.29 is 4.79 Å². The maximum absolute atomic E-state index is 12.2. The molecule has 0 saturated carbocycles. The van der Waals surface area contributed by atoms with Crippen LogP contribution in [0.5, 0.6) is 0 Å². The van der Waals surface area contributed by atoms with Crippen LogP contribution in [0.2, 0.25) is 0 Å². The number of hydrogen-bond acceptors (Lipinski definition) is 4. The average Bonchev–Trinajstić information content (AvgIpc) is 2.80. The van der Waals surface area contributed by atoms with Crippen LogP contribution in [0.4, 0.5) is 5.13 Å². The lowest BCUT2D eigenvalue weighted by atomic mass is 10.0. The molecule has 2 aromatic rings. The minimum atomic E-state index is -0.125. The molecule has 1 aromatic heterocycles. The van der Waals surface area contributed by atoms with Crippen molar-refractivity contribution in [3.8, 4) is 0 Å². The van der Waals surface area contributed by atoms with E-state index in [1.807, 2.05) is 32.0 Å². The Kier molecular flexibility index (Phi) is 4.27. The molecule has 1 aromatic carbocycles. The molecular weight excluding hydrogens is 258 g/mol. The van der Waals surface area contributed by atoms with E-state index in [4.69, 9.17) is 0 Å². The summed E-state index contributed by atoms with van der Waals surface area (Å²) in [6.07, 6.45) is 1.93. The van der Waals surface area contributed by atoms with Crippen molar-refractivity contribution in [2.24, 2.45) is 0 Å². The Hall–Kier alpha value is -1.75. The zero-order valence-corrected chi connectivity index (χ0v) is 12.2. The molecule has 19 heavy (non-hydrogen) atoms. The number of anilines is 1. The summed E-state index contributed by atoms with van der Waals surface area (Å²) in [7, 11) is 0. The third kappa shape index (κ3) is 3.17. The molecule has 100 valence electrons. The monoisotopic (exact) mass is 275 g/mol. The molecule has 0 aliphatic heterocycles. The Balaban J connectivity index is 2.14. The summed E-state index contributed by atoms with van der Waals surface area (Å²) >= 11 is 1.44. The molecule has 0 fully saturated rings. The SMILES string of the molecule is CCCc1nnc(NC(=O)c2cccc(C)c2C)s1. The van der Waals surface area contributed by atoms with Crippen LogP contribution in [0.3, 0.4) is 0 Å². The predicted molar refractivity (Wildman–Crippen MR) is 77.8 cm³/mol. The molecular formula is C14H17N3OS. The lowest BCUT2D eigenvalue weighted by Gasteiger charge is -2.07. The number of amides is 1. The highest BCUT2D eigenvalue weighted by atomic mass is 32.1. The van der Waals surface area contributed by atoms with Gasteiger partial charge in [-0.2, -0.15) is 0 Å². The fraction of sp³-hybridized carbons (Fsp3) is 0.357. The van der Waals surface area contributed by atoms with Gasteiger partial charge < -0.3 is 0 Å². The quantitative estimate of drug-likeness (QED) is 0.930. The van der Waals surface area contributed by atoms with E-state index in [2.05, 4.69) is 22.4 Å². The van der Waals surface area contributed by atoms with Gasteiger partial charge in [-0.3, -0.25) is 10.1 Å². The Morgan fingerprint density at radius 2 is 2.11 bits per heavy atom. The summed E-state index contributed by atoms with van der Waals surface area (Å²) in [4.78, 5) is 12.2. The molecule has 0 spiro atoms. The van der Waals surface area contributed by atoms with Gasteiger partial charge in [0.2, 0.25) is 5.13 Å². The number of aryl methyl sites for hydroxylation is 2. The summed E-state index contributed by atoms with van der Waals surface area (Å²) in [5.41, 5.74) is 2.79. The van der Waals surface area contributed by atoms with Gasteiger partial charge in [0.15, 0.2) is 0 Å². The van der Waals surface area contributed by atoms with E-state index in [0.717, 1.165) is 29.0 Å². The van der Waals surface area contributed by atoms with E-state index in [0.29, 0.717) is 10.7 Å². The fourth-order valence-corrected chi connectivity index (χ4v) is 2.62. The topological polar surface area (TPSA) is 54.9 Å². The predicted octanol–water partition coefficient (Wildman–Crippen LogP) is 3.36. The van der Waals surface area contributed by atoms with E-state index in [-0.39, 0.29) is 5.91 Å². The first-order valence-corrected chi connectivity index (χ1v) is 7.13. The van der Waals surface area contributed by atoms with Crippen molar-refractivity contribution in [2.45, 2.75) is 33.6 Å². The number of aromatic nitrogens is 2. The second-order valence-electron chi connectivity index (χ2n) is 4.45. The Bertz CT molecular complexity index is 592. The van der Waals surface area contributed by atoms with Crippen molar-refractivity contribution in [1.82, 2.24) is 10.2 Å². The summed E-state index contributed by atoms with van der Waals surface area (Å²) in [6, 6.07) is 5.71. The van der Waals surface area contributed by atoms with E-state index >= 15 is 0 Å². The largest absolute Gasteiger partial charge is 0.296 e. The second-order valence-corrected chi connectivity index (χ2v) is 5.51. The number of nitrogens with zero attached hydrogens (tertiary/aromatic N) is 2. The number of benzene rings is 1. The molecule has 1 N–H and O–H groups in total. The van der Waals surface area contributed by atoms with Crippen LogP contribution >= 0.6 is 11.3 Å². The first-order chi connectivity index (χ1) is 9.11. The molecule has 0 aliphatic carbocycles. The van der Waals surface area contributed by atoms with Gasteiger partial charge in [-0.15, -0.1) is 10.2 Å². The molecule has 4 nitrogen and oxygen atoms in total. The highest BCUT2D eigenvalue weighted by Gasteiger charge is 2.12. The molecule has 0 aliphatic rings. The molecule has 0 saturated heterocycles. The van der Waals surface area contributed by atoms with E-state index < -0.39 is 0 Å². The number of nitrogens with one attached hydrogen (secondary N) is 1. The van der Waals surface area contributed by atoms with Gasteiger partial charge in [-0.25, -0.2) is 0 Å². The lowest BCUT2D eigenvalue weighted by Crippen LogP contribution is -2.13. The maximum Gasteiger partial charge on any atom is 0.257 e. The van der Waals surface area contributed by atoms with Crippen molar-refractivity contribution >= 4 is 22.4 Å². The van der Waals surface area contributed by atoms with Gasteiger partial charge in [0.05, 0.1) is 0 Å². The Morgan fingerprint density at radius 3 is 2.84 bits per heavy atom. The highest BCUT2D eigenvalue weighted by molar-refractivity contribution is 7.15. The van der Waals surface area contributed by atoms with Crippen LogP contribution in [0, 0.1) is 13.8 Å². The van der Waals surface area contributed by atoms with Gasteiger partial charge in [0.25, 0.3) is 5.91 Å². The fourth-order valence-electron chi connectivity index (χ4n) is 1.78. The third-order valence-electron chi connectivity index (χ3n) is 3.00. The maximum atomic E-state index is 12.2. The number of carbonyl (C=O) groups is 1. The summed E-state index contributed by atoms with van der Waals surface area (Å²) in [5, 5.41) is 12.4. The van der Waals surface area contributed by atoms with Crippen LogP contribution < -0.4 is 5.32 Å². The zero-order chi connectivity index (χ0) is 13.8. The molecule has 1 amide bonds. The van der Waals surface area contributed by atoms with E-state index in [1.54, 1.807) is 0 Å². The number of rotatable bonds is 4. The average molecular weight is 275 g/mol. The van der Waals surface area contributed by atoms with Crippen LogP contribution in [-0.2, 0) is 6.42 Å². The van der Waals surface area contributed by atoms with E-state index in [9.17, 15) is 4.79 Å². The van der Waals surface area contributed by atoms with Gasteiger partial charge in [0.1, 0.15) is 5.01 Å².